The van der Waals surface area contributed by atoms with Crippen LogP contribution in [0.25, 0.3) is 6.08 Å². The molecule has 4 rings (SSSR count). The molecule has 1 aromatic heterocycles. The predicted octanol–water partition coefficient (Wildman–Crippen LogP) is 5.23. The SMILES string of the molecule is Cc1nc(COc2ccc(/C=C/C(=O)Nc3cccc(C(=O)N4CCCC4)c3C)cc2)cs1. The molecule has 0 radical (unpaired) electrons. The van der Waals surface area contributed by atoms with Crippen molar-refractivity contribution in [1.29, 1.82) is 0 Å². The van der Waals surface area contributed by atoms with Crippen molar-refractivity contribution in [2.24, 2.45) is 0 Å². The molecule has 0 aliphatic carbocycles. The monoisotopic (exact) mass is 461 g/mol. The van der Waals surface area contributed by atoms with E-state index in [1.165, 1.54) is 6.08 Å². The maximum Gasteiger partial charge on any atom is 0.254 e. The van der Waals surface area contributed by atoms with Gasteiger partial charge in [-0.2, -0.15) is 0 Å². The summed E-state index contributed by atoms with van der Waals surface area (Å²) in [5.41, 5.74) is 3.88. The topological polar surface area (TPSA) is 71.5 Å². The Labute approximate surface area is 197 Å². The zero-order chi connectivity index (χ0) is 23.2. The molecule has 2 heterocycles. The third-order valence-electron chi connectivity index (χ3n) is 5.58. The number of thiazole rings is 1. The average molecular weight is 462 g/mol. The molecule has 6 nitrogen and oxygen atoms in total. The second kappa shape index (κ2) is 10.4. The summed E-state index contributed by atoms with van der Waals surface area (Å²) in [7, 11) is 0. The summed E-state index contributed by atoms with van der Waals surface area (Å²) < 4.78 is 5.76. The van der Waals surface area contributed by atoms with E-state index in [1.54, 1.807) is 23.5 Å². The van der Waals surface area contributed by atoms with Crippen LogP contribution < -0.4 is 10.1 Å². The number of nitrogens with one attached hydrogen (secondary N) is 1. The van der Waals surface area contributed by atoms with Crippen molar-refractivity contribution in [2.45, 2.75) is 33.3 Å². The minimum atomic E-state index is -0.247. The second-order valence-electron chi connectivity index (χ2n) is 8.02. The molecule has 0 atom stereocenters. The maximum atomic E-state index is 12.8. The molecular formula is C26H27N3O3S. The average Bonchev–Trinajstić information content (AvgIpc) is 3.50. The number of likely N-dealkylation sites (tertiary alicyclic amines) is 1. The van der Waals surface area contributed by atoms with Gasteiger partial charge in [0.25, 0.3) is 5.91 Å². The Hall–Kier alpha value is -3.45. The lowest BCUT2D eigenvalue weighted by Crippen LogP contribution is -2.28. The van der Waals surface area contributed by atoms with Crippen LogP contribution in [0.2, 0.25) is 0 Å². The van der Waals surface area contributed by atoms with E-state index >= 15 is 0 Å². The molecule has 3 aromatic rings. The molecular weight excluding hydrogens is 434 g/mol. The minimum Gasteiger partial charge on any atom is -0.487 e. The number of anilines is 1. The second-order valence-corrected chi connectivity index (χ2v) is 9.08. The first-order chi connectivity index (χ1) is 16.0. The lowest BCUT2D eigenvalue weighted by atomic mass is 10.1. The number of benzene rings is 2. The Balaban J connectivity index is 1.34. The van der Waals surface area contributed by atoms with Gasteiger partial charge in [-0.3, -0.25) is 9.59 Å². The van der Waals surface area contributed by atoms with Gasteiger partial charge < -0.3 is 15.0 Å². The largest absolute Gasteiger partial charge is 0.487 e. The van der Waals surface area contributed by atoms with Crippen LogP contribution in [0, 0.1) is 13.8 Å². The number of hydrogen-bond acceptors (Lipinski definition) is 5. The first-order valence-corrected chi connectivity index (χ1v) is 11.9. The number of nitrogens with zero attached hydrogens (tertiary/aromatic N) is 2. The summed E-state index contributed by atoms with van der Waals surface area (Å²) in [6.45, 7) is 5.87. The van der Waals surface area contributed by atoms with Gasteiger partial charge in [-0.25, -0.2) is 4.98 Å². The first kappa shape index (κ1) is 22.7. The van der Waals surface area contributed by atoms with Gasteiger partial charge in [-0.05, 0) is 68.2 Å². The standard InChI is InChI=1S/C26H27N3O3S/c1-18-23(26(31)29-14-3-4-15-29)6-5-7-24(18)28-25(30)13-10-20-8-11-22(12-9-20)32-16-21-17-33-19(2)27-21/h5-13,17H,3-4,14-16H2,1-2H3,(H,28,30)/b13-10+. The summed E-state index contributed by atoms with van der Waals surface area (Å²) >= 11 is 1.60. The van der Waals surface area contributed by atoms with E-state index in [-0.39, 0.29) is 11.8 Å². The fraction of sp³-hybridized carbons (Fsp3) is 0.269. The quantitative estimate of drug-likeness (QED) is 0.489. The molecule has 2 amide bonds. The zero-order valence-corrected chi connectivity index (χ0v) is 19.7. The Morgan fingerprint density at radius 2 is 1.88 bits per heavy atom. The number of hydrogen-bond donors (Lipinski definition) is 1. The van der Waals surface area contributed by atoms with Crippen LogP contribution in [0.4, 0.5) is 5.69 Å². The molecule has 0 bridgehead atoms. The van der Waals surface area contributed by atoms with E-state index in [9.17, 15) is 9.59 Å². The van der Waals surface area contributed by atoms with Gasteiger partial charge in [0.1, 0.15) is 12.4 Å². The van der Waals surface area contributed by atoms with Crippen LogP contribution in [-0.4, -0.2) is 34.8 Å². The summed E-state index contributed by atoms with van der Waals surface area (Å²) in [5, 5.41) is 5.90. The zero-order valence-electron chi connectivity index (χ0n) is 18.8. The van der Waals surface area contributed by atoms with Gasteiger partial charge in [0, 0.05) is 35.8 Å². The number of carbonyl (C=O) groups is 2. The van der Waals surface area contributed by atoms with E-state index < -0.39 is 0 Å². The molecule has 1 fully saturated rings. The van der Waals surface area contributed by atoms with Crippen molar-refractivity contribution in [3.05, 3.63) is 81.3 Å². The van der Waals surface area contributed by atoms with Crippen molar-refractivity contribution in [2.75, 3.05) is 18.4 Å². The van der Waals surface area contributed by atoms with Crippen LogP contribution >= 0.6 is 11.3 Å². The Kier molecular flexibility index (Phi) is 7.19. The molecule has 0 spiro atoms. The first-order valence-electron chi connectivity index (χ1n) is 11.0. The third-order valence-corrected chi connectivity index (χ3v) is 6.40. The highest BCUT2D eigenvalue weighted by Gasteiger charge is 2.21. The third kappa shape index (κ3) is 5.87. The van der Waals surface area contributed by atoms with Crippen molar-refractivity contribution in [1.82, 2.24) is 9.88 Å². The highest BCUT2D eigenvalue weighted by atomic mass is 32.1. The normalized spacial score (nSPS) is 13.5. The van der Waals surface area contributed by atoms with Gasteiger partial charge in [0.2, 0.25) is 5.91 Å². The van der Waals surface area contributed by atoms with Gasteiger partial charge >= 0.3 is 0 Å². The van der Waals surface area contributed by atoms with E-state index in [2.05, 4.69) is 10.3 Å². The molecule has 1 aliphatic heterocycles. The highest BCUT2D eigenvalue weighted by molar-refractivity contribution is 7.09. The van der Waals surface area contributed by atoms with Crippen molar-refractivity contribution in [3.63, 3.8) is 0 Å². The molecule has 0 unspecified atom stereocenters. The molecule has 2 aromatic carbocycles. The highest BCUT2D eigenvalue weighted by Crippen LogP contribution is 2.22. The molecule has 33 heavy (non-hydrogen) atoms. The van der Waals surface area contributed by atoms with Crippen LogP contribution in [0.15, 0.2) is 53.9 Å². The van der Waals surface area contributed by atoms with Crippen LogP contribution in [0.5, 0.6) is 5.75 Å². The van der Waals surface area contributed by atoms with E-state index in [4.69, 9.17) is 4.74 Å². The molecule has 0 saturated carbocycles. The van der Waals surface area contributed by atoms with E-state index in [1.807, 2.05) is 60.5 Å². The van der Waals surface area contributed by atoms with Crippen molar-refractivity contribution >= 4 is 34.9 Å². The molecule has 170 valence electrons. The number of aromatic nitrogens is 1. The number of rotatable bonds is 7. The molecule has 1 aliphatic rings. The molecule has 1 saturated heterocycles. The van der Waals surface area contributed by atoms with Gasteiger partial charge in [0.15, 0.2) is 0 Å². The fourth-order valence-corrected chi connectivity index (χ4v) is 4.34. The van der Waals surface area contributed by atoms with Crippen molar-refractivity contribution in [3.8, 4) is 5.75 Å². The molecule has 1 N–H and O–H groups in total. The summed E-state index contributed by atoms with van der Waals surface area (Å²) in [4.78, 5) is 31.5. The molecule has 7 heteroatoms. The fourth-order valence-electron chi connectivity index (χ4n) is 3.75. The van der Waals surface area contributed by atoms with Crippen LogP contribution in [0.1, 0.15) is 45.0 Å². The maximum absolute atomic E-state index is 12.8. The number of amides is 2. The van der Waals surface area contributed by atoms with Gasteiger partial charge in [0.05, 0.1) is 10.7 Å². The Morgan fingerprint density at radius 1 is 1.12 bits per heavy atom. The van der Waals surface area contributed by atoms with E-state index in [0.29, 0.717) is 17.9 Å². The summed E-state index contributed by atoms with van der Waals surface area (Å²) in [6, 6.07) is 13.0. The van der Waals surface area contributed by atoms with Crippen molar-refractivity contribution < 1.29 is 14.3 Å². The number of carbonyl (C=O) groups excluding carboxylic acids is 2. The predicted molar refractivity (Wildman–Crippen MR) is 132 cm³/mol. The van der Waals surface area contributed by atoms with E-state index in [0.717, 1.165) is 53.5 Å². The van der Waals surface area contributed by atoms with Crippen LogP contribution in [0.3, 0.4) is 0 Å². The lowest BCUT2D eigenvalue weighted by Gasteiger charge is -2.18. The Morgan fingerprint density at radius 3 is 2.58 bits per heavy atom. The van der Waals surface area contributed by atoms with Crippen LogP contribution in [-0.2, 0) is 11.4 Å². The lowest BCUT2D eigenvalue weighted by molar-refractivity contribution is -0.111. The van der Waals surface area contributed by atoms with Gasteiger partial charge in [-0.1, -0.05) is 18.2 Å². The number of aryl methyl sites for hydroxylation is 1. The number of ether oxygens (including phenoxy) is 1. The summed E-state index contributed by atoms with van der Waals surface area (Å²) in [6.07, 6.45) is 5.33. The minimum absolute atomic E-state index is 0.0314. The summed E-state index contributed by atoms with van der Waals surface area (Å²) in [5.74, 6) is 0.532. The smallest absolute Gasteiger partial charge is 0.254 e. The van der Waals surface area contributed by atoms with Gasteiger partial charge in [-0.15, -0.1) is 11.3 Å². The Bertz CT molecular complexity index is 1160.